The summed E-state index contributed by atoms with van der Waals surface area (Å²) in [6, 6.07) is 0. The van der Waals surface area contributed by atoms with Gasteiger partial charge in [-0.05, 0) is 12.8 Å². The predicted octanol–water partition coefficient (Wildman–Crippen LogP) is 0.412. The Kier molecular flexibility index (Phi) is 4.62. The number of aromatic nitrogens is 2. The van der Waals surface area contributed by atoms with Crippen LogP contribution in [0.15, 0.2) is 4.42 Å². The highest BCUT2D eigenvalue weighted by molar-refractivity contribution is 7.89. The molecule has 0 aliphatic rings. The van der Waals surface area contributed by atoms with E-state index in [0.29, 0.717) is 25.2 Å². The average molecular weight is 262 g/mol. The molecule has 1 aromatic rings. The van der Waals surface area contributed by atoms with Gasteiger partial charge in [-0.1, -0.05) is 0 Å². The lowest BCUT2D eigenvalue weighted by Gasteiger charge is -1.94. The third kappa shape index (κ3) is 6.00. The minimum absolute atomic E-state index is 0.0701. The number of hydrogen-bond donors (Lipinski definition) is 1. The van der Waals surface area contributed by atoms with Gasteiger partial charge in [0.25, 0.3) is 0 Å². The minimum atomic E-state index is -3.17. The lowest BCUT2D eigenvalue weighted by Crippen LogP contribution is -2.00. The van der Waals surface area contributed by atoms with E-state index in [9.17, 15) is 13.2 Å². The number of unbranched alkanes of at least 4 members (excludes halogenated alkanes) is 1. The summed E-state index contributed by atoms with van der Waals surface area (Å²) in [7, 11) is -3.17. The highest BCUT2D eigenvalue weighted by Gasteiger charge is 2.12. The van der Waals surface area contributed by atoms with Crippen molar-refractivity contribution in [1.29, 1.82) is 0 Å². The van der Waals surface area contributed by atoms with Crippen molar-refractivity contribution in [1.82, 2.24) is 10.2 Å². The second kappa shape index (κ2) is 5.76. The van der Waals surface area contributed by atoms with Crippen molar-refractivity contribution in [2.75, 3.05) is 6.26 Å². The Morgan fingerprint density at radius 2 is 1.94 bits per heavy atom. The molecular weight excluding hydrogens is 248 g/mol. The molecule has 0 saturated heterocycles. The topological polar surface area (TPSA) is 110 Å². The Bertz CT molecular complexity index is 479. The third-order valence-corrected chi connectivity index (χ3v) is 2.70. The molecule has 0 radical (unpaired) electrons. The Morgan fingerprint density at radius 1 is 1.29 bits per heavy atom. The van der Waals surface area contributed by atoms with Crippen molar-refractivity contribution in [3.8, 4) is 0 Å². The molecule has 1 heterocycles. The van der Waals surface area contributed by atoms with E-state index in [1.54, 1.807) is 0 Å². The van der Waals surface area contributed by atoms with Gasteiger partial charge in [-0.25, -0.2) is 8.42 Å². The van der Waals surface area contributed by atoms with E-state index >= 15 is 0 Å². The van der Waals surface area contributed by atoms with Gasteiger partial charge in [0, 0.05) is 19.1 Å². The lowest BCUT2D eigenvalue weighted by atomic mass is 10.2. The third-order valence-electron chi connectivity index (χ3n) is 1.93. The quantitative estimate of drug-likeness (QED) is 0.708. The van der Waals surface area contributed by atoms with E-state index in [1.165, 1.54) is 0 Å². The number of carboxylic acid groups (broad SMARTS) is 1. The van der Waals surface area contributed by atoms with Crippen molar-refractivity contribution >= 4 is 15.8 Å². The van der Waals surface area contributed by atoms with Gasteiger partial charge in [-0.3, -0.25) is 4.79 Å². The molecule has 0 unspecified atom stereocenters. The van der Waals surface area contributed by atoms with E-state index in [0.717, 1.165) is 6.26 Å². The maximum atomic E-state index is 11.0. The number of sulfone groups is 1. The fourth-order valence-corrected chi connectivity index (χ4v) is 1.79. The molecule has 0 fully saturated rings. The Balaban J connectivity index is 2.38. The summed E-state index contributed by atoms with van der Waals surface area (Å²) in [6.45, 7) is 0. The van der Waals surface area contributed by atoms with Gasteiger partial charge in [0.05, 0.1) is 0 Å². The van der Waals surface area contributed by atoms with Gasteiger partial charge in [0.2, 0.25) is 11.8 Å². The number of rotatable bonds is 7. The molecule has 0 atom stereocenters. The fourth-order valence-electron chi connectivity index (χ4n) is 1.22. The smallest absolute Gasteiger partial charge is 0.303 e. The molecule has 1 N–H and O–H groups in total. The van der Waals surface area contributed by atoms with Crippen LogP contribution < -0.4 is 0 Å². The summed E-state index contributed by atoms with van der Waals surface area (Å²) in [6.07, 6.45) is 2.80. The van der Waals surface area contributed by atoms with Gasteiger partial charge in [0.1, 0.15) is 5.75 Å². The van der Waals surface area contributed by atoms with Gasteiger partial charge in [0.15, 0.2) is 9.84 Å². The second-order valence-electron chi connectivity index (χ2n) is 3.76. The van der Waals surface area contributed by atoms with Crippen molar-refractivity contribution in [3.05, 3.63) is 11.8 Å². The first-order chi connectivity index (χ1) is 7.87. The van der Waals surface area contributed by atoms with E-state index in [4.69, 9.17) is 9.52 Å². The van der Waals surface area contributed by atoms with Crippen LogP contribution in [0.2, 0.25) is 0 Å². The SMILES string of the molecule is CS(=O)(=O)Cc1nnc(CCCCC(=O)O)o1. The molecule has 0 aromatic carbocycles. The molecule has 0 bridgehead atoms. The minimum Gasteiger partial charge on any atom is -0.481 e. The Labute approximate surface area is 98.8 Å². The lowest BCUT2D eigenvalue weighted by molar-refractivity contribution is -0.137. The zero-order valence-electron chi connectivity index (χ0n) is 9.42. The molecule has 0 aliphatic carbocycles. The molecule has 0 amide bonds. The first-order valence-corrected chi connectivity index (χ1v) is 7.13. The summed E-state index contributed by atoms with van der Waals surface area (Å²) in [4.78, 5) is 10.3. The first-order valence-electron chi connectivity index (χ1n) is 5.07. The van der Waals surface area contributed by atoms with Crippen LogP contribution in [0, 0.1) is 0 Å². The number of hydrogen-bond acceptors (Lipinski definition) is 6. The van der Waals surface area contributed by atoms with Crippen LogP contribution in [0.1, 0.15) is 31.0 Å². The summed E-state index contributed by atoms with van der Waals surface area (Å²) in [5.41, 5.74) is 0. The van der Waals surface area contributed by atoms with Crippen molar-refractivity contribution < 1.29 is 22.7 Å². The van der Waals surface area contributed by atoms with Gasteiger partial charge in [-0.2, -0.15) is 0 Å². The van der Waals surface area contributed by atoms with E-state index in [2.05, 4.69) is 10.2 Å². The highest BCUT2D eigenvalue weighted by Crippen LogP contribution is 2.08. The van der Waals surface area contributed by atoms with Crippen LogP contribution in [0.4, 0.5) is 0 Å². The normalized spacial score (nSPS) is 11.6. The highest BCUT2D eigenvalue weighted by atomic mass is 32.2. The second-order valence-corrected chi connectivity index (χ2v) is 5.90. The van der Waals surface area contributed by atoms with Crippen LogP contribution >= 0.6 is 0 Å². The van der Waals surface area contributed by atoms with E-state index < -0.39 is 15.8 Å². The monoisotopic (exact) mass is 262 g/mol. The summed E-state index contributed by atoms with van der Waals surface area (Å²) in [5.74, 6) is -0.696. The maximum Gasteiger partial charge on any atom is 0.303 e. The van der Waals surface area contributed by atoms with Crippen LogP contribution in [0.3, 0.4) is 0 Å². The van der Waals surface area contributed by atoms with Gasteiger partial charge in [-0.15, -0.1) is 10.2 Å². The summed E-state index contributed by atoms with van der Waals surface area (Å²) < 4.78 is 27.0. The van der Waals surface area contributed by atoms with Gasteiger partial charge >= 0.3 is 5.97 Å². The molecule has 0 spiro atoms. The van der Waals surface area contributed by atoms with E-state index in [-0.39, 0.29) is 18.1 Å². The first kappa shape index (κ1) is 13.6. The standard InChI is InChI=1S/C9H14N2O5S/c1-17(14,15)6-8-11-10-7(16-8)4-2-3-5-9(12)13/h2-6H2,1H3,(H,12,13). The molecule has 0 saturated carbocycles. The summed E-state index contributed by atoms with van der Waals surface area (Å²) >= 11 is 0. The van der Waals surface area contributed by atoms with Crippen molar-refractivity contribution in [3.63, 3.8) is 0 Å². The van der Waals surface area contributed by atoms with Crippen LogP contribution in [-0.2, 0) is 26.8 Å². The largest absolute Gasteiger partial charge is 0.481 e. The summed E-state index contributed by atoms with van der Waals surface area (Å²) in [5, 5.41) is 15.7. The van der Waals surface area contributed by atoms with Crippen molar-refractivity contribution in [2.45, 2.75) is 31.4 Å². The van der Waals surface area contributed by atoms with Gasteiger partial charge < -0.3 is 9.52 Å². The molecule has 1 aromatic heterocycles. The molecule has 0 aliphatic heterocycles. The predicted molar refractivity (Wildman–Crippen MR) is 58.0 cm³/mol. The zero-order valence-corrected chi connectivity index (χ0v) is 10.2. The number of aryl methyl sites for hydroxylation is 1. The number of carbonyl (C=O) groups is 1. The average Bonchev–Trinajstić information content (AvgIpc) is 2.57. The van der Waals surface area contributed by atoms with E-state index in [1.807, 2.05) is 0 Å². The van der Waals surface area contributed by atoms with Crippen LogP contribution in [0.25, 0.3) is 0 Å². The number of nitrogens with zero attached hydrogens (tertiary/aromatic N) is 2. The maximum absolute atomic E-state index is 11.0. The zero-order chi connectivity index (χ0) is 12.9. The Hall–Kier alpha value is -1.44. The number of carboxylic acids is 1. The molecule has 96 valence electrons. The fraction of sp³-hybridized carbons (Fsp3) is 0.667. The number of aliphatic carboxylic acids is 1. The molecule has 17 heavy (non-hydrogen) atoms. The molecule has 7 nitrogen and oxygen atoms in total. The molecule has 1 rings (SSSR count). The van der Waals surface area contributed by atoms with Crippen LogP contribution in [-0.4, -0.2) is 35.9 Å². The molecule has 8 heteroatoms. The van der Waals surface area contributed by atoms with Crippen molar-refractivity contribution in [2.24, 2.45) is 0 Å². The molecular formula is C9H14N2O5S. The Morgan fingerprint density at radius 3 is 2.53 bits per heavy atom. The van der Waals surface area contributed by atoms with Crippen LogP contribution in [0.5, 0.6) is 0 Å².